The van der Waals surface area contributed by atoms with Gasteiger partial charge in [0.2, 0.25) is 11.8 Å². The third-order valence-electron chi connectivity index (χ3n) is 5.97. The molecule has 28 heavy (non-hydrogen) atoms. The number of hydrogen-bond acceptors (Lipinski definition) is 4. The Morgan fingerprint density at radius 1 is 1.00 bits per heavy atom. The molecule has 6 heteroatoms. The Bertz CT molecular complexity index is 698. The van der Waals surface area contributed by atoms with Crippen molar-refractivity contribution in [3.05, 3.63) is 23.8 Å². The lowest BCUT2D eigenvalue weighted by Crippen LogP contribution is -2.47. The third kappa shape index (κ3) is 4.78. The average Bonchev–Trinajstić information content (AvgIpc) is 2.73. The maximum atomic E-state index is 12.8. The van der Waals surface area contributed by atoms with Gasteiger partial charge in [0.05, 0.1) is 20.6 Å². The van der Waals surface area contributed by atoms with Crippen LogP contribution in [-0.2, 0) is 16.0 Å². The summed E-state index contributed by atoms with van der Waals surface area (Å²) in [6.45, 7) is 5.31. The minimum atomic E-state index is 0.0652. The number of methoxy groups -OCH3 is 2. The Kier molecular flexibility index (Phi) is 6.81. The summed E-state index contributed by atoms with van der Waals surface area (Å²) in [6, 6.07) is 5.57. The number of ether oxygens (including phenoxy) is 2. The van der Waals surface area contributed by atoms with Crippen molar-refractivity contribution in [2.45, 2.75) is 39.0 Å². The molecule has 0 N–H and O–H groups in total. The molecule has 0 spiro atoms. The van der Waals surface area contributed by atoms with E-state index in [2.05, 4.69) is 6.92 Å². The molecule has 0 aromatic heterocycles. The van der Waals surface area contributed by atoms with Crippen LogP contribution in [0.3, 0.4) is 0 Å². The Balaban J connectivity index is 1.52. The molecule has 3 rings (SSSR count). The summed E-state index contributed by atoms with van der Waals surface area (Å²) >= 11 is 0. The highest BCUT2D eigenvalue weighted by Crippen LogP contribution is 2.28. The van der Waals surface area contributed by atoms with Crippen LogP contribution in [-0.4, -0.2) is 62.0 Å². The van der Waals surface area contributed by atoms with E-state index in [1.54, 1.807) is 14.2 Å². The number of piperidine rings is 2. The fourth-order valence-corrected chi connectivity index (χ4v) is 4.30. The van der Waals surface area contributed by atoms with Crippen molar-refractivity contribution in [3.8, 4) is 11.5 Å². The van der Waals surface area contributed by atoms with Crippen LogP contribution in [0, 0.1) is 11.8 Å². The van der Waals surface area contributed by atoms with Gasteiger partial charge < -0.3 is 19.3 Å². The van der Waals surface area contributed by atoms with Crippen LogP contribution in [0.4, 0.5) is 0 Å². The van der Waals surface area contributed by atoms with Crippen LogP contribution >= 0.6 is 0 Å². The van der Waals surface area contributed by atoms with E-state index in [-0.39, 0.29) is 11.8 Å². The summed E-state index contributed by atoms with van der Waals surface area (Å²) in [7, 11) is 3.19. The highest BCUT2D eigenvalue weighted by atomic mass is 16.5. The zero-order valence-corrected chi connectivity index (χ0v) is 17.3. The Morgan fingerprint density at radius 2 is 1.71 bits per heavy atom. The molecule has 1 unspecified atom stereocenters. The Morgan fingerprint density at radius 3 is 2.36 bits per heavy atom. The van der Waals surface area contributed by atoms with Gasteiger partial charge in [0.1, 0.15) is 0 Å². The van der Waals surface area contributed by atoms with Crippen molar-refractivity contribution in [3.63, 3.8) is 0 Å². The molecule has 1 aromatic carbocycles. The molecule has 0 bridgehead atoms. The molecular weight excluding hydrogens is 356 g/mol. The number of rotatable bonds is 5. The lowest BCUT2D eigenvalue weighted by molar-refractivity contribution is -0.141. The predicted octanol–water partition coefficient (Wildman–Crippen LogP) is 2.74. The maximum Gasteiger partial charge on any atom is 0.226 e. The predicted molar refractivity (Wildman–Crippen MR) is 108 cm³/mol. The molecule has 2 aliphatic heterocycles. The van der Waals surface area contributed by atoms with Gasteiger partial charge in [-0.1, -0.05) is 13.0 Å². The summed E-state index contributed by atoms with van der Waals surface area (Å²) in [6.07, 6.45) is 4.19. The van der Waals surface area contributed by atoms with Crippen molar-refractivity contribution in [1.82, 2.24) is 9.80 Å². The second kappa shape index (κ2) is 9.30. The SMILES string of the molecule is COc1ccc(CC(=O)N2CCC(C(=O)N3CCCC(C)C3)CC2)cc1OC. The second-order valence-electron chi connectivity index (χ2n) is 8.05. The minimum Gasteiger partial charge on any atom is -0.493 e. The van der Waals surface area contributed by atoms with E-state index in [1.807, 2.05) is 28.0 Å². The van der Waals surface area contributed by atoms with E-state index in [0.29, 0.717) is 42.8 Å². The van der Waals surface area contributed by atoms with Gasteiger partial charge in [-0.3, -0.25) is 9.59 Å². The average molecular weight is 389 g/mol. The molecule has 2 heterocycles. The van der Waals surface area contributed by atoms with Gasteiger partial charge in [-0.25, -0.2) is 0 Å². The monoisotopic (exact) mass is 388 g/mol. The lowest BCUT2D eigenvalue weighted by Gasteiger charge is -2.37. The Labute approximate surface area is 167 Å². The number of benzene rings is 1. The van der Waals surface area contributed by atoms with Gasteiger partial charge in [0.25, 0.3) is 0 Å². The number of hydrogen-bond donors (Lipinski definition) is 0. The number of carbonyl (C=O) groups excluding carboxylic acids is 2. The molecule has 6 nitrogen and oxygen atoms in total. The van der Waals surface area contributed by atoms with Crippen LogP contribution in [0.5, 0.6) is 11.5 Å². The molecule has 154 valence electrons. The maximum absolute atomic E-state index is 12.8. The first-order chi connectivity index (χ1) is 13.5. The highest BCUT2D eigenvalue weighted by molar-refractivity contribution is 5.81. The van der Waals surface area contributed by atoms with Gasteiger partial charge in [0.15, 0.2) is 11.5 Å². The smallest absolute Gasteiger partial charge is 0.226 e. The molecular formula is C22H32N2O4. The molecule has 0 radical (unpaired) electrons. The zero-order chi connectivity index (χ0) is 20.1. The standard InChI is InChI=1S/C22H32N2O4/c1-16-5-4-10-24(15-16)22(26)18-8-11-23(12-9-18)21(25)14-17-6-7-19(27-2)20(13-17)28-3/h6-7,13,16,18H,4-5,8-12,14-15H2,1-3H3. The quantitative estimate of drug-likeness (QED) is 0.778. The number of likely N-dealkylation sites (tertiary alicyclic amines) is 2. The molecule has 2 amide bonds. The summed E-state index contributed by atoms with van der Waals surface area (Å²) in [5.41, 5.74) is 0.906. The molecule has 2 fully saturated rings. The van der Waals surface area contributed by atoms with Gasteiger partial charge >= 0.3 is 0 Å². The van der Waals surface area contributed by atoms with Crippen LogP contribution in [0.25, 0.3) is 0 Å². The molecule has 0 saturated carbocycles. The van der Waals surface area contributed by atoms with Crippen molar-refractivity contribution in [1.29, 1.82) is 0 Å². The molecule has 1 aromatic rings. The van der Waals surface area contributed by atoms with E-state index < -0.39 is 0 Å². The van der Waals surface area contributed by atoms with Gasteiger partial charge in [-0.15, -0.1) is 0 Å². The van der Waals surface area contributed by atoms with E-state index in [1.165, 1.54) is 6.42 Å². The van der Waals surface area contributed by atoms with E-state index >= 15 is 0 Å². The van der Waals surface area contributed by atoms with Gasteiger partial charge in [0, 0.05) is 32.1 Å². The topological polar surface area (TPSA) is 59.1 Å². The number of amides is 2. The third-order valence-corrected chi connectivity index (χ3v) is 5.97. The van der Waals surface area contributed by atoms with E-state index in [9.17, 15) is 9.59 Å². The van der Waals surface area contributed by atoms with Gasteiger partial charge in [-0.2, -0.15) is 0 Å². The Hall–Kier alpha value is -2.24. The van der Waals surface area contributed by atoms with Crippen molar-refractivity contribution < 1.29 is 19.1 Å². The molecule has 2 saturated heterocycles. The molecule has 2 aliphatic rings. The normalized spacial score (nSPS) is 20.8. The van der Waals surface area contributed by atoms with Crippen LogP contribution in [0.15, 0.2) is 18.2 Å². The van der Waals surface area contributed by atoms with Crippen molar-refractivity contribution in [2.75, 3.05) is 40.4 Å². The van der Waals surface area contributed by atoms with E-state index in [0.717, 1.165) is 37.9 Å². The molecule has 1 atom stereocenters. The van der Waals surface area contributed by atoms with Crippen LogP contribution in [0.1, 0.15) is 38.2 Å². The van der Waals surface area contributed by atoms with Crippen molar-refractivity contribution in [2.24, 2.45) is 11.8 Å². The summed E-state index contributed by atoms with van der Waals surface area (Å²) in [4.78, 5) is 29.4. The fourth-order valence-electron chi connectivity index (χ4n) is 4.30. The second-order valence-corrected chi connectivity index (χ2v) is 8.05. The lowest BCUT2D eigenvalue weighted by atomic mass is 9.92. The first kappa shape index (κ1) is 20.5. The van der Waals surface area contributed by atoms with Crippen LogP contribution in [0.2, 0.25) is 0 Å². The summed E-state index contributed by atoms with van der Waals surface area (Å²) in [5.74, 6) is 2.34. The fraction of sp³-hybridized carbons (Fsp3) is 0.636. The largest absolute Gasteiger partial charge is 0.493 e. The van der Waals surface area contributed by atoms with Crippen molar-refractivity contribution >= 4 is 11.8 Å². The molecule has 0 aliphatic carbocycles. The van der Waals surface area contributed by atoms with Gasteiger partial charge in [-0.05, 0) is 49.3 Å². The number of carbonyl (C=O) groups is 2. The number of nitrogens with zero attached hydrogens (tertiary/aromatic N) is 2. The van der Waals surface area contributed by atoms with Crippen LogP contribution < -0.4 is 9.47 Å². The summed E-state index contributed by atoms with van der Waals surface area (Å²) < 4.78 is 10.6. The first-order valence-corrected chi connectivity index (χ1v) is 10.3. The zero-order valence-electron chi connectivity index (χ0n) is 17.3. The first-order valence-electron chi connectivity index (χ1n) is 10.3. The highest BCUT2D eigenvalue weighted by Gasteiger charge is 2.31. The van der Waals surface area contributed by atoms with E-state index in [4.69, 9.17) is 9.47 Å². The summed E-state index contributed by atoms with van der Waals surface area (Å²) in [5, 5.41) is 0. The minimum absolute atomic E-state index is 0.0652.